The fraction of sp³-hybridized carbons (Fsp3) is 0.0909. The lowest BCUT2D eigenvalue weighted by Crippen LogP contribution is -2.30. The second-order valence-corrected chi connectivity index (χ2v) is 9.31. The van der Waals surface area contributed by atoms with Crippen molar-refractivity contribution in [2.45, 2.75) is 18.0 Å². The molecule has 0 bridgehead atoms. The number of aromatic nitrogens is 2. The minimum Gasteiger partial charge on any atom is -0.322 e. The molecule has 0 saturated heterocycles. The van der Waals surface area contributed by atoms with Crippen molar-refractivity contribution in [1.82, 2.24) is 13.9 Å². The first kappa shape index (κ1) is 18.8. The number of nitrogens with zero attached hydrogens (tertiary/aromatic N) is 3. The Morgan fingerprint density at radius 1 is 0.900 bits per heavy atom. The summed E-state index contributed by atoms with van der Waals surface area (Å²) in [6.45, 7) is 0.332. The molecule has 0 spiro atoms. The second kappa shape index (κ2) is 6.97. The molecule has 5 rings (SSSR count). The zero-order valence-electron chi connectivity index (χ0n) is 15.7. The molecule has 0 saturated carbocycles. The standard InChI is InChI=1S/C22H16ClN3O3S/c23-16-10-11-19-18(12-16)24-21(25(19)13-15-6-2-1-3-7-15)14-26-22(27)17-8-4-5-9-20(17)30(26,28)29/h1-12H,13-14H2. The normalized spacial score (nSPS) is 15.0. The van der Waals surface area contributed by atoms with Gasteiger partial charge in [0.1, 0.15) is 10.7 Å². The molecule has 1 amide bonds. The number of imidazole rings is 1. The van der Waals surface area contributed by atoms with Crippen LogP contribution in [0.1, 0.15) is 21.7 Å². The van der Waals surface area contributed by atoms with E-state index in [0.717, 1.165) is 15.4 Å². The molecule has 0 N–H and O–H groups in total. The largest absolute Gasteiger partial charge is 0.322 e. The molecular weight excluding hydrogens is 422 g/mol. The minimum atomic E-state index is -3.92. The van der Waals surface area contributed by atoms with Gasteiger partial charge in [-0.05, 0) is 35.9 Å². The quantitative estimate of drug-likeness (QED) is 0.482. The van der Waals surface area contributed by atoms with Crippen LogP contribution in [0, 0.1) is 0 Å². The third-order valence-electron chi connectivity index (χ3n) is 5.17. The number of halogens is 1. The molecule has 8 heteroatoms. The van der Waals surface area contributed by atoms with E-state index in [1.165, 1.54) is 12.1 Å². The van der Waals surface area contributed by atoms with Crippen molar-refractivity contribution < 1.29 is 13.2 Å². The Balaban J connectivity index is 1.61. The number of hydrogen-bond acceptors (Lipinski definition) is 4. The molecule has 30 heavy (non-hydrogen) atoms. The highest BCUT2D eigenvalue weighted by Gasteiger charge is 2.41. The van der Waals surface area contributed by atoms with E-state index >= 15 is 0 Å². The summed E-state index contributed by atoms with van der Waals surface area (Å²) in [6.07, 6.45) is 0. The van der Waals surface area contributed by atoms with Crippen LogP contribution in [0.15, 0.2) is 77.7 Å². The number of carbonyl (C=O) groups excluding carboxylic acids is 1. The average Bonchev–Trinajstić information content (AvgIpc) is 3.16. The third kappa shape index (κ3) is 2.98. The topological polar surface area (TPSA) is 72.3 Å². The SMILES string of the molecule is O=C1c2ccccc2S(=O)(=O)N1Cc1nc2cc(Cl)ccc2n1Cc1ccccc1. The summed E-state index contributed by atoms with van der Waals surface area (Å²) < 4.78 is 28.8. The van der Waals surface area contributed by atoms with Crippen molar-refractivity contribution in [2.24, 2.45) is 0 Å². The molecule has 0 radical (unpaired) electrons. The molecule has 4 aromatic rings. The Kier molecular flexibility index (Phi) is 4.38. The van der Waals surface area contributed by atoms with Gasteiger partial charge in [0.2, 0.25) is 0 Å². The van der Waals surface area contributed by atoms with Crippen molar-refractivity contribution >= 4 is 38.6 Å². The summed E-state index contributed by atoms with van der Waals surface area (Å²) in [5.41, 5.74) is 2.69. The number of sulfonamides is 1. The number of benzene rings is 3. The number of fused-ring (bicyclic) bond motifs is 2. The van der Waals surface area contributed by atoms with E-state index < -0.39 is 15.9 Å². The van der Waals surface area contributed by atoms with Crippen LogP contribution in [0.2, 0.25) is 5.02 Å². The fourth-order valence-electron chi connectivity index (χ4n) is 3.73. The summed E-state index contributed by atoms with van der Waals surface area (Å²) in [5.74, 6) is -0.0669. The van der Waals surface area contributed by atoms with Crippen molar-refractivity contribution in [3.05, 3.63) is 94.8 Å². The van der Waals surface area contributed by atoms with E-state index in [9.17, 15) is 13.2 Å². The first-order chi connectivity index (χ1) is 14.4. The van der Waals surface area contributed by atoms with Crippen LogP contribution >= 0.6 is 11.6 Å². The highest BCUT2D eigenvalue weighted by atomic mass is 35.5. The van der Waals surface area contributed by atoms with Gasteiger partial charge in [0, 0.05) is 11.6 Å². The van der Waals surface area contributed by atoms with Gasteiger partial charge in [0.05, 0.1) is 23.1 Å². The summed E-state index contributed by atoms with van der Waals surface area (Å²) in [5, 5.41) is 0.538. The molecule has 1 aliphatic heterocycles. The van der Waals surface area contributed by atoms with Gasteiger partial charge in [-0.1, -0.05) is 54.1 Å². The van der Waals surface area contributed by atoms with E-state index in [1.807, 2.05) is 41.0 Å². The van der Waals surface area contributed by atoms with Gasteiger partial charge in [-0.25, -0.2) is 17.7 Å². The van der Waals surface area contributed by atoms with Gasteiger partial charge in [0.15, 0.2) is 0 Å². The van der Waals surface area contributed by atoms with Gasteiger partial charge in [-0.15, -0.1) is 0 Å². The maximum absolute atomic E-state index is 13.0. The predicted octanol–water partition coefficient (Wildman–Crippen LogP) is 4.08. The molecular formula is C22H16ClN3O3S. The van der Waals surface area contributed by atoms with E-state index in [0.29, 0.717) is 22.9 Å². The molecule has 2 heterocycles. The molecule has 1 aromatic heterocycles. The minimum absolute atomic E-state index is 0.0313. The summed E-state index contributed by atoms with van der Waals surface area (Å²) in [6, 6.07) is 21.4. The number of carbonyl (C=O) groups is 1. The van der Waals surface area contributed by atoms with Crippen LogP contribution < -0.4 is 0 Å². The lowest BCUT2D eigenvalue weighted by atomic mass is 10.2. The lowest BCUT2D eigenvalue weighted by Gasteiger charge is -2.16. The smallest absolute Gasteiger partial charge is 0.269 e. The highest BCUT2D eigenvalue weighted by Crippen LogP contribution is 2.32. The Labute approximate surface area is 178 Å². The molecule has 3 aromatic carbocycles. The predicted molar refractivity (Wildman–Crippen MR) is 114 cm³/mol. The fourth-order valence-corrected chi connectivity index (χ4v) is 5.42. The maximum Gasteiger partial charge on any atom is 0.269 e. The summed E-state index contributed by atoms with van der Waals surface area (Å²) in [7, 11) is -3.92. The Bertz CT molecular complexity index is 1400. The molecule has 1 aliphatic rings. The lowest BCUT2D eigenvalue weighted by molar-refractivity contribution is 0.0862. The van der Waals surface area contributed by atoms with E-state index in [4.69, 9.17) is 11.6 Å². The van der Waals surface area contributed by atoms with Crippen LogP contribution in [0.25, 0.3) is 11.0 Å². The Morgan fingerprint density at radius 2 is 1.63 bits per heavy atom. The second-order valence-electron chi connectivity index (χ2n) is 7.05. The zero-order chi connectivity index (χ0) is 20.9. The van der Waals surface area contributed by atoms with Gasteiger partial charge >= 0.3 is 0 Å². The molecule has 6 nitrogen and oxygen atoms in total. The van der Waals surface area contributed by atoms with Crippen LogP contribution in [-0.2, 0) is 23.1 Å². The molecule has 150 valence electrons. The van der Waals surface area contributed by atoms with Crippen molar-refractivity contribution in [1.29, 1.82) is 0 Å². The number of hydrogen-bond donors (Lipinski definition) is 0. The first-order valence-corrected chi connectivity index (χ1v) is 11.1. The zero-order valence-corrected chi connectivity index (χ0v) is 17.3. The Hall–Kier alpha value is -3.16. The summed E-state index contributed by atoms with van der Waals surface area (Å²) >= 11 is 6.13. The molecule has 0 atom stereocenters. The van der Waals surface area contributed by atoms with Gasteiger partial charge < -0.3 is 4.57 Å². The van der Waals surface area contributed by atoms with Gasteiger partial charge in [-0.3, -0.25) is 4.79 Å². The third-order valence-corrected chi connectivity index (χ3v) is 7.19. The first-order valence-electron chi connectivity index (χ1n) is 9.30. The van der Waals surface area contributed by atoms with Crippen LogP contribution in [0.5, 0.6) is 0 Å². The van der Waals surface area contributed by atoms with E-state index in [-0.39, 0.29) is 17.0 Å². The average molecular weight is 438 g/mol. The van der Waals surface area contributed by atoms with Crippen LogP contribution in [0.3, 0.4) is 0 Å². The monoisotopic (exact) mass is 437 g/mol. The van der Waals surface area contributed by atoms with Crippen molar-refractivity contribution in [2.75, 3.05) is 0 Å². The molecule has 0 unspecified atom stereocenters. The van der Waals surface area contributed by atoms with Gasteiger partial charge in [0.25, 0.3) is 15.9 Å². The summed E-state index contributed by atoms with van der Waals surface area (Å²) in [4.78, 5) is 17.5. The molecule has 0 aliphatic carbocycles. The van der Waals surface area contributed by atoms with Crippen molar-refractivity contribution in [3.8, 4) is 0 Å². The van der Waals surface area contributed by atoms with E-state index in [2.05, 4.69) is 4.98 Å². The highest BCUT2D eigenvalue weighted by molar-refractivity contribution is 7.90. The van der Waals surface area contributed by atoms with Gasteiger partial charge in [-0.2, -0.15) is 0 Å². The van der Waals surface area contributed by atoms with Crippen LogP contribution in [-0.4, -0.2) is 28.2 Å². The number of amides is 1. The Morgan fingerprint density at radius 3 is 2.40 bits per heavy atom. The van der Waals surface area contributed by atoms with Crippen molar-refractivity contribution in [3.63, 3.8) is 0 Å². The maximum atomic E-state index is 13.0. The molecule has 0 fully saturated rings. The van der Waals surface area contributed by atoms with E-state index in [1.54, 1.807) is 24.3 Å². The van der Waals surface area contributed by atoms with Crippen LogP contribution in [0.4, 0.5) is 0 Å². The number of rotatable bonds is 4.